The lowest BCUT2D eigenvalue weighted by atomic mass is 9.75. The van der Waals surface area contributed by atoms with E-state index < -0.39 is 0 Å². The van der Waals surface area contributed by atoms with E-state index in [4.69, 9.17) is 0 Å². The zero-order valence-electron chi connectivity index (χ0n) is 13.6. The number of nitrogens with zero attached hydrogens (tertiary/aromatic N) is 1. The number of aliphatic hydroxyl groups excluding tert-OH is 1. The number of hydrogen-bond donors (Lipinski definition) is 2. The van der Waals surface area contributed by atoms with Crippen LogP contribution in [0.2, 0.25) is 0 Å². The summed E-state index contributed by atoms with van der Waals surface area (Å²) in [5.74, 6) is 1.87. The Morgan fingerprint density at radius 2 is 1.86 bits per heavy atom. The van der Waals surface area contributed by atoms with E-state index in [9.17, 15) is 5.11 Å². The summed E-state index contributed by atoms with van der Waals surface area (Å²) in [7, 11) is 0. The van der Waals surface area contributed by atoms with Crippen LogP contribution in [0.25, 0.3) is 0 Å². The van der Waals surface area contributed by atoms with Crippen molar-refractivity contribution in [2.75, 3.05) is 26.2 Å². The van der Waals surface area contributed by atoms with Gasteiger partial charge in [0.2, 0.25) is 0 Å². The molecule has 2 N–H and O–H groups in total. The molecule has 1 aromatic carbocycles. The zero-order valence-corrected chi connectivity index (χ0v) is 13.6. The van der Waals surface area contributed by atoms with Gasteiger partial charge >= 0.3 is 0 Å². The van der Waals surface area contributed by atoms with Crippen LogP contribution in [0.1, 0.15) is 37.7 Å². The van der Waals surface area contributed by atoms with Gasteiger partial charge in [0.1, 0.15) is 0 Å². The second-order valence-corrected chi connectivity index (χ2v) is 7.12. The number of fused-ring (bicyclic) bond motifs is 1. The van der Waals surface area contributed by atoms with Crippen molar-refractivity contribution in [1.29, 1.82) is 0 Å². The molecule has 3 atom stereocenters. The van der Waals surface area contributed by atoms with Crippen molar-refractivity contribution >= 4 is 0 Å². The molecule has 1 aromatic rings. The normalized spacial score (nSPS) is 27.3. The van der Waals surface area contributed by atoms with E-state index in [1.54, 1.807) is 0 Å². The molecule has 1 aliphatic heterocycles. The second-order valence-electron chi connectivity index (χ2n) is 7.12. The van der Waals surface area contributed by atoms with Gasteiger partial charge in [0.25, 0.3) is 0 Å². The van der Waals surface area contributed by atoms with Crippen molar-refractivity contribution in [3.8, 4) is 0 Å². The molecule has 3 nitrogen and oxygen atoms in total. The summed E-state index contributed by atoms with van der Waals surface area (Å²) in [6, 6.07) is 10.4. The molecular weight excluding hydrogens is 272 g/mol. The summed E-state index contributed by atoms with van der Waals surface area (Å²) in [4.78, 5) is 2.49. The lowest BCUT2D eigenvalue weighted by molar-refractivity contribution is 0.0463. The molecule has 122 valence electrons. The number of hydrogen-bond acceptors (Lipinski definition) is 3. The third-order valence-corrected chi connectivity index (χ3v) is 5.40. The van der Waals surface area contributed by atoms with Crippen LogP contribution in [0, 0.1) is 11.8 Å². The smallest absolute Gasteiger partial charge is 0.0791 e. The Kier molecular flexibility index (Phi) is 5.88. The first kappa shape index (κ1) is 16.0. The first-order valence-corrected chi connectivity index (χ1v) is 8.96. The average Bonchev–Trinajstić information content (AvgIpc) is 2.56. The van der Waals surface area contributed by atoms with E-state index in [2.05, 4.69) is 34.5 Å². The Balaban J connectivity index is 1.36. The number of nitrogens with one attached hydrogen (secondary N) is 1. The first-order chi connectivity index (χ1) is 10.8. The van der Waals surface area contributed by atoms with E-state index in [-0.39, 0.29) is 6.10 Å². The van der Waals surface area contributed by atoms with Gasteiger partial charge in [-0.15, -0.1) is 0 Å². The van der Waals surface area contributed by atoms with Crippen LogP contribution in [-0.2, 0) is 6.54 Å². The van der Waals surface area contributed by atoms with Crippen LogP contribution < -0.4 is 5.32 Å². The van der Waals surface area contributed by atoms with E-state index in [0.29, 0.717) is 6.54 Å². The summed E-state index contributed by atoms with van der Waals surface area (Å²) in [5.41, 5.74) is 1.28. The molecule has 22 heavy (non-hydrogen) atoms. The van der Waals surface area contributed by atoms with Crippen LogP contribution >= 0.6 is 0 Å². The van der Waals surface area contributed by atoms with Crippen molar-refractivity contribution in [3.05, 3.63) is 35.9 Å². The molecule has 0 radical (unpaired) electrons. The van der Waals surface area contributed by atoms with Gasteiger partial charge in [-0.25, -0.2) is 0 Å². The Morgan fingerprint density at radius 1 is 1.09 bits per heavy atom. The fourth-order valence-corrected chi connectivity index (χ4v) is 4.18. The van der Waals surface area contributed by atoms with E-state index in [1.807, 2.05) is 6.07 Å². The maximum absolute atomic E-state index is 10.3. The van der Waals surface area contributed by atoms with Crippen LogP contribution in [0.5, 0.6) is 0 Å². The molecule has 1 saturated heterocycles. The average molecular weight is 302 g/mol. The Hall–Kier alpha value is -0.900. The SMILES string of the molecule is O[C@H](CNCc1ccccc1)CN1CC[C@@H]2CCCC[C@@H]2C1. The van der Waals surface area contributed by atoms with Crippen LogP contribution in [0.15, 0.2) is 30.3 Å². The van der Waals surface area contributed by atoms with Crippen molar-refractivity contribution in [2.45, 2.75) is 44.8 Å². The molecule has 3 heteroatoms. The quantitative estimate of drug-likeness (QED) is 0.848. The highest BCUT2D eigenvalue weighted by molar-refractivity contribution is 5.14. The molecule has 0 aromatic heterocycles. The fourth-order valence-electron chi connectivity index (χ4n) is 4.18. The topological polar surface area (TPSA) is 35.5 Å². The third-order valence-electron chi connectivity index (χ3n) is 5.40. The third kappa shape index (κ3) is 4.55. The van der Waals surface area contributed by atoms with Gasteiger partial charge in [-0.1, -0.05) is 49.6 Å². The molecule has 2 aliphatic rings. The Labute approximate surface area is 134 Å². The minimum Gasteiger partial charge on any atom is -0.390 e. The monoisotopic (exact) mass is 302 g/mol. The summed E-state index contributed by atoms with van der Waals surface area (Å²) >= 11 is 0. The fraction of sp³-hybridized carbons (Fsp3) is 0.684. The van der Waals surface area contributed by atoms with Gasteiger partial charge < -0.3 is 15.3 Å². The van der Waals surface area contributed by atoms with Gasteiger partial charge in [-0.05, 0) is 36.8 Å². The van der Waals surface area contributed by atoms with Crippen LogP contribution in [0.4, 0.5) is 0 Å². The molecule has 0 bridgehead atoms. The highest BCUT2D eigenvalue weighted by Gasteiger charge is 2.31. The van der Waals surface area contributed by atoms with Gasteiger partial charge in [-0.2, -0.15) is 0 Å². The Morgan fingerprint density at radius 3 is 2.68 bits per heavy atom. The maximum atomic E-state index is 10.3. The van der Waals surface area contributed by atoms with Crippen molar-refractivity contribution in [3.63, 3.8) is 0 Å². The molecule has 1 saturated carbocycles. The summed E-state index contributed by atoms with van der Waals surface area (Å²) in [6.45, 7) is 4.73. The van der Waals surface area contributed by atoms with Gasteiger partial charge in [0.05, 0.1) is 6.10 Å². The largest absolute Gasteiger partial charge is 0.390 e. The molecule has 0 unspecified atom stereocenters. The van der Waals surface area contributed by atoms with Crippen molar-refractivity contribution in [1.82, 2.24) is 10.2 Å². The lowest BCUT2D eigenvalue weighted by Gasteiger charge is -2.41. The number of aliphatic hydroxyl groups is 1. The first-order valence-electron chi connectivity index (χ1n) is 8.96. The standard InChI is InChI=1S/C19H30N2O/c22-19(13-20-12-16-6-2-1-3-7-16)15-21-11-10-17-8-4-5-9-18(17)14-21/h1-3,6-7,17-20,22H,4-5,8-15H2/t17-,18+,19+/m0/s1. The highest BCUT2D eigenvalue weighted by Crippen LogP contribution is 2.35. The molecule has 1 aliphatic carbocycles. The minimum absolute atomic E-state index is 0.260. The van der Waals surface area contributed by atoms with Crippen LogP contribution in [-0.4, -0.2) is 42.3 Å². The minimum atomic E-state index is -0.260. The summed E-state index contributed by atoms with van der Waals surface area (Å²) in [6.07, 6.45) is 6.78. The van der Waals surface area contributed by atoms with Gasteiger partial charge in [0, 0.05) is 26.2 Å². The molecule has 3 rings (SSSR count). The van der Waals surface area contributed by atoms with Crippen molar-refractivity contribution in [2.24, 2.45) is 11.8 Å². The molecule has 0 spiro atoms. The number of β-amino-alcohol motifs (C(OH)–C–C–N with tert-alkyl or cyclic N) is 1. The predicted molar refractivity (Wildman–Crippen MR) is 90.7 cm³/mol. The van der Waals surface area contributed by atoms with Gasteiger partial charge in [-0.3, -0.25) is 0 Å². The van der Waals surface area contributed by atoms with Crippen LogP contribution in [0.3, 0.4) is 0 Å². The van der Waals surface area contributed by atoms with E-state index >= 15 is 0 Å². The maximum Gasteiger partial charge on any atom is 0.0791 e. The molecule has 2 fully saturated rings. The number of likely N-dealkylation sites (tertiary alicyclic amines) is 1. The molecule has 0 amide bonds. The number of benzene rings is 1. The highest BCUT2D eigenvalue weighted by atomic mass is 16.3. The number of rotatable bonds is 6. The zero-order chi connectivity index (χ0) is 15.2. The summed E-state index contributed by atoms with van der Waals surface area (Å²) in [5, 5.41) is 13.6. The van der Waals surface area contributed by atoms with Gasteiger partial charge in [0.15, 0.2) is 0 Å². The lowest BCUT2D eigenvalue weighted by Crippen LogP contribution is -2.46. The number of piperidine rings is 1. The van der Waals surface area contributed by atoms with E-state index in [0.717, 1.165) is 24.9 Å². The van der Waals surface area contributed by atoms with Crippen molar-refractivity contribution < 1.29 is 5.11 Å². The summed E-state index contributed by atoms with van der Waals surface area (Å²) < 4.78 is 0. The molecule has 1 heterocycles. The Bertz CT molecular complexity index is 436. The molecular formula is C19H30N2O. The second kappa shape index (κ2) is 8.09. The van der Waals surface area contributed by atoms with E-state index in [1.165, 1.54) is 50.8 Å². The predicted octanol–water partition coefficient (Wildman–Crippen LogP) is 2.65.